The molecule has 0 unspecified atom stereocenters. The van der Waals surface area contributed by atoms with Crippen LogP contribution in [0, 0.1) is 0 Å². The quantitative estimate of drug-likeness (QED) is 0.725. The zero-order valence-electron chi connectivity index (χ0n) is 11.9. The van der Waals surface area contributed by atoms with Crippen LogP contribution in [0.1, 0.15) is 15.9 Å². The summed E-state index contributed by atoms with van der Waals surface area (Å²) in [5, 5.41) is 3.82. The van der Waals surface area contributed by atoms with Crippen LogP contribution in [0.2, 0.25) is 0 Å². The second-order valence-electron chi connectivity index (χ2n) is 5.27. The van der Waals surface area contributed by atoms with E-state index in [1.807, 2.05) is 48.5 Å². The Morgan fingerprint density at radius 2 is 1.82 bits per heavy atom. The van der Waals surface area contributed by atoms with E-state index >= 15 is 0 Å². The first-order chi connectivity index (χ1) is 10.8. The van der Waals surface area contributed by atoms with Crippen LogP contribution in [0.25, 0.3) is 11.3 Å². The molecular weight excluding hydrogens is 276 g/mol. The van der Waals surface area contributed by atoms with E-state index in [9.17, 15) is 4.79 Å². The van der Waals surface area contributed by atoms with Crippen LogP contribution in [0.15, 0.2) is 65.3 Å². The summed E-state index contributed by atoms with van der Waals surface area (Å²) in [5.41, 5.74) is 3.54. The van der Waals surface area contributed by atoms with Crippen molar-refractivity contribution in [2.75, 3.05) is 11.4 Å². The molecule has 22 heavy (non-hydrogen) atoms. The molecule has 3 aromatic rings. The molecular formula is C18H14N2O2. The SMILES string of the molecule is O=C(c1cnoc1-c1ccccc1)N1CCc2ccccc21. The van der Waals surface area contributed by atoms with Crippen molar-refractivity contribution in [2.45, 2.75) is 6.42 Å². The molecule has 1 aliphatic rings. The van der Waals surface area contributed by atoms with Gasteiger partial charge in [0.15, 0.2) is 5.76 Å². The first-order valence-electron chi connectivity index (χ1n) is 7.24. The van der Waals surface area contributed by atoms with Crippen molar-refractivity contribution < 1.29 is 9.32 Å². The fourth-order valence-electron chi connectivity index (χ4n) is 2.88. The smallest absolute Gasteiger partial charge is 0.263 e. The predicted molar refractivity (Wildman–Crippen MR) is 83.8 cm³/mol. The third-order valence-corrected chi connectivity index (χ3v) is 3.97. The minimum atomic E-state index is -0.0648. The summed E-state index contributed by atoms with van der Waals surface area (Å²) in [6.07, 6.45) is 2.39. The maximum absolute atomic E-state index is 12.9. The highest BCUT2D eigenvalue weighted by Gasteiger charge is 2.28. The molecule has 0 radical (unpaired) electrons. The van der Waals surface area contributed by atoms with Gasteiger partial charge in [0.25, 0.3) is 5.91 Å². The molecule has 0 atom stereocenters. The van der Waals surface area contributed by atoms with Crippen LogP contribution in [-0.2, 0) is 6.42 Å². The van der Waals surface area contributed by atoms with Crippen LogP contribution in [-0.4, -0.2) is 17.6 Å². The zero-order chi connectivity index (χ0) is 14.9. The van der Waals surface area contributed by atoms with Crippen molar-refractivity contribution in [1.29, 1.82) is 0 Å². The molecule has 4 heteroatoms. The Morgan fingerprint density at radius 1 is 1.05 bits per heavy atom. The van der Waals surface area contributed by atoms with Crippen molar-refractivity contribution in [3.8, 4) is 11.3 Å². The summed E-state index contributed by atoms with van der Waals surface area (Å²) >= 11 is 0. The first kappa shape index (κ1) is 12.8. The Kier molecular flexibility index (Phi) is 3.00. The van der Waals surface area contributed by atoms with E-state index in [4.69, 9.17) is 4.52 Å². The van der Waals surface area contributed by atoms with Gasteiger partial charge in [0.05, 0.1) is 6.20 Å². The molecule has 0 bridgehead atoms. The number of aromatic nitrogens is 1. The number of benzene rings is 2. The molecule has 2 aromatic carbocycles. The minimum Gasteiger partial charge on any atom is -0.355 e. The lowest BCUT2D eigenvalue weighted by Crippen LogP contribution is -2.28. The van der Waals surface area contributed by atoms with Gasteiger partial charge in [-0.05, 0) is 18.1 Å². The molecule has 1 aromatic heterocycles. The molecule has 0 spiro atoms. The average Bonchev–Trinajstić information content (AvgIpc) is 3.22. The number of nitrogens with zero attached hydrogens (tertiary/aromatic N) is 2. The molecule has 0 saturated carbocycles. The fourth-order valence-corrected chi connectivity index (χ4v) is 2.88. The summed E-state index contributed by atoms with van der Waals surface area (Å²) in [5.74, 6) is 0.458. The minimum absolute atomic E-state index is 0.0648. The summed E-state index contributed by atoms with van der Waals surface area (Å²) < 4.78 is 5.32. The van der Waals surface area contributed by atoms with Crippen molar-refractivity contribution in [1.82, 2.24) is 5.16 Å². The van der Waals surface area contributed by atoms with Gasteiger partial charge in [-0.2, -0.15) is 0 Å². The van der Waals surface area contributed by atoms with E-state index in [-0.39, 0.29) is 5.91 Å². The standard InChI is InChI=1S/C18H14N2O2/c21-18(20-11-10-13-6-4-5-9-16(13)20)15-12-19-22-17(15)14-7-2-1-3-8-14/h1-9,12H,10-11H2. The monoisotopic (exact) mass is 290 g/mol. The van der Waals surface area contributed by atoms with E-state index in [1.54, 1.807) is 4.90 Å². The van der Waals surface area contributed by atoms with Crippen LogP contribution in [0.5, 0.6) is 0 Å². The summed E-state index contributed by atoms with van der Waals surface area (Å²) in [6, 6.07) is 17.6. The van der Waals surface area contributed by atoms with Gasteiger partial charge in [-0.1, -0.05) is 53.7 Å². The van der Waals surface area contributed by atoms with E-state index in [1.165, 1.54) is 11.8 Å². The van der Waals surface area contributed by atoms with Gasteiger partial charge in [-0.15, -0.1) is 0 Å². The van der Waals surface area contributed by atoms with E-state index in [2.05, 4.69) is 11.2 Å². The number of anilines is 1. The Morgan fingerprint density at radius 3 is 2.68 bits per heavy atom. The fraction of sp³-hybridized carbons (Fsp3) is 0.111. The summed E-state index contributed by atoms with van der Waals surface area (Å²) in [4.78, 5) is 14.7. The van der Waals surface area contributed by atoms with Crippen LogP contribution < -0.4 is 4.90 Å². The molecule has 1 amide bonds. The van der Waals surface area contributed by atoms with E-state index < -0.39 is 0 Å². The van der Waals surface area contributed by atoms with Crippen LogP contribution >= 0.6 is 0 Å². The van der Waals surface area contributed by atoms with Gasteiger partial charge in [0.1, 0.15) is 5.56 Å². The molecule has 4 nitrogen and oxygen atoms in total. The molecule has 1 aliphatic heterocycles. The first-order valence-corrected chi connectivity index (χ1v) is 7.24. The molecule has 2 heterocycles. The highest BCUT2D eigenvalue weighted by Crippen LogP contribution is 2.31. The number of carbonyl (C=O) groups is 1. The Labute approximate surface area is 128 Å². The van der Waals surface area contributed by atoms with Gasteiger partial charge >= 0.3 is 0 Å². The number of carbonyl (C=O) groups excluding carboxylic acids is 1. The number of hydrogen-bond donors (Lipinski definition) is 0. The van der Waals surface area contributed by atoms with Crippen LogP contribution in [0.3, 0.4) is 0 Å². The predicted octanol–water partition coefficient (Wildman–Crippen LogP) is 3.54. The second-order valence-corrected chi connectivity index (χ2v) is 5.27. The van der Waals surface area contributed by atoms with E-state index in [0.29, 0.717) is 17.9 Å². The summed E-state index contributed by atoms with van der Waals surface area (Å²) in [6.45, 7) is 0.692. The molecule has 0 N–H and O–H groups in total. The molecule has 108 valence electrons. The third-order valence-electron chi connectivity index (χ3n) is 3.97. The highest BCUT2D eigenvalue weighted by atomic mass is 16.5. The molecule has 0 aliphatic carbocycles. The van der Waals surface area contributed by atoms with Gasteiger partial charge < -0.3 is 9.42 Å². The van der Waals surface area contributed by atoms with Crippen molar-refractivity contribution in [3.05, 3.63) is 71.9 Å². The van der Waals surface area contributed by atoms with E-state index in [0.717, 1.165) is 17.7 Å². The largest absolute Gasteiger partial charge is 0.355 e. The average molecular weight is 290 g/mol. The molecule has 0 saturated heterocycles. The lowest BCUT2D eigenvalue weighted by atomic mass is 10.1. The van der Waals surface area contributed by atoms with Gasteiger partial charge in [0, 0.05) is 17.8 Å². The maximum atomic E-state index is 12.9. The normalized spacial score (nSPS) is 13.2. The maximum Gasteiger partial charge on any atom is 0.263 e. The number of rotatable bonds is 2. The second kappa shape index (κ2) is 5.15. The van der Waals surface area contributed by atoms with Crippen LogP contribution in [0.4, 0.5) is 5.69 Å². The number of para-hydroxylation sites is 1. The van der Waals surface area contributed by atoms with Crippen molar-refractivity contribution >= 4 is 11.6 Å². The Balaban J connectivity index is 1.73. The molecule has 4 rings (SSSR count). The lowest BCUT2D eigenvalue weighted by molar-refractivity contribution is 0.0989. The van der Waals surface area contributed by atoms with Gasteiger partial charge in [-0.3, -0.25) is 4.79 Å². The highest BCUT2D eigenvalue weighted by molar-refractivity contribution is 6.10. The zero-order valence-corrected chi connectivity index (χ0v) is 11.9. The Bertz CT molecular complexity index is 824. The number of amides is 1. The van der Waals surface area contributed by atoms with Gasteiger partial charge in [-0.25, -0.2) is 0 Å². The number of fused-ring (bicyclic) bond motifs is 1. The molecule has 0 fully saturated rings. The summed E-state index contributed by atoms with van der Waals surface area (Å²) in [7, 11) is 0. The lowest BCUT2D eigenvalue weighted by Gasteiger charge is -2.16. The Hall–Kier alpha value is -2.88. The topological polar surface area (TPSA) is 46.3 Å². The van der Waals surface area contributed by atoms with Crippen molar-refractivity contribution in [2.24, 2.45) is 0 Å². The van der Waals surface area contributed by atoms with Crippen molar-refractivity contribution in [3.63, 3.8) is 0 Å². The number of hydrogen-bond acceptors (Lipinski definition) is 3. The van der Waals surface area contributed by atoms with Gasteiger partial charge in [0.2, 0.25) is 0 Å². The third kappa shape index (κ3) is 2.00.